The third kappa shape index (κ3) is 2.57. The van der Waals surface area contributed by atoms with E-state index in [2.05, 4.69) is 25.8 Å². The Morgan fingerprint density at radius 1 is 1.22 bits per heavy atom. The molecule has 4 nitrogen and oxygen atoms in total. The molecule has 0 atom stereocenters. The van der Waals surface area contributed by atoms with E-state index in [1.165, 1.54) is 12.8 Å². The summed E-state index contributed by atoms with van der Waals surface area (Å²) in [5.74, 6) is 0.0965. The van der Waals surface area contributed by atoms with Gasteiger partial charge in [0.05, 0.1) is 5.56 Å². The molecule has 0 unspecified atom stereocenters. The number of carbonyl (C=O) groups is 1. The lowest BCUT2D eigenvalue weighted by molar-refractivity contribution is 0.0627. The fourth-order valence-corrected chi connectivity index (χ4v) is 2.81. The minimum atomic E-state index is 0.0965. The second-order valence-electron chi connectivity index (χ2n) is 4.95. The summed E-state index contributed by atoms with van der Waals surface area (Å²) in [5, 5.41) is 0. The summed E-state index contributed by atoms with van der Waals surface area (Å²) in [7, 11) is 0. The fraction of sp³-hybridized carbons (Fsp3) is 0.538. The van der Waals surface area contributed by atoms with Crippen molar-refractivity contribution in [2.75, 3.05) is 26.2 Å². The quantitative estimate of drug-likeness (QED) is 0.835. The van der Waals surface area contributed by atoms with Crippen molar-refractivity contribution >= 4 is 21.8 Å². The molecule has 1 saturated heterocycles. The lowest BCUT2D eigenvalue weighted by Crippen LogP contribution is -2.49. The van der Waals surface area contributed by atoms with Crippen LogP contribution in [0.15, 0.2) is 22.9 Å². The average molecular weight is 310 g/mol. The van der Waals surface area contributed by atoms with Crippen molar-refractivity contribution in [1.29, 1.82) is 0 Å². The molecule has 2 fully saturated rings. The molecule has 3 rings (SSSR count). The molecule has 1 saturated carbocycles. The van der Waals surface area contributed by atoms with Gasteiger partial charge in [0.2, 0.25) is 0 Å². The maximum absolute atomic E-state index is 12.3. The summed E-state index contributed by atoms with van der Waals surface area (Å²) in [5.41, 5.74) is 0.671. The lowest BCUT2D eigenvalue weighted by atomic mass is 10.2. The Bertz CT molecular complexity index is 453. The molecule has 96 valence electrons. The summed E-state index contributed by atoms with van der Waals surface area (Å²) < 4.78 is 0.852. The number of hydrogen-bond acceptors (Lipinski definition) is 3. The van der Waals surface area contributed by atoms with Gasteiger partial charge in [-0.1, -0.05) is 0 Å². The highest BCUT2D eigenvalue weighted by Gasteiger charge is 2.32. The number of halogens is 1. The summed E-state index contributed by atoms with van der Waals surface area (Å²) in [6.07, 6.45) is 6.01. The second kappa shape index (κ2) is 4.97. The number of piperazine rings is 1. The van der Waals surface area contributed by atoms with Crippen molar-refractivity contribution in [2.45, 2.75) is 18.9 Å². The molecule has 5 heteroatoms. The second-order valence-corrected chi connectivity index (χ2v) is 5.87. The van der Waals surface area contributed by atoms with Crippen molar-refractivity contribution in [2.24, 2.45) is 0 Å². The van der Waals surface area contributed by atoms with E-state index in [9.17, 15) is 4.79 Å². The van der Waals surface area contributed by atoms with Gasteiger partial charge in [0, 0.05) is 49.1 Å². The van der Waals surface area contributed by atoms with Gasteiger partial charge in [-0.2, -0.15) is 0 Å². The Morgan fingerprint density at radius 2 is 1.94 bits per heavy atom. The topological polar surface area (TPSA) is 36.4 Å². The van der Waals surface area contributed by atoms with Crippen LogP contribution in [0.1, 0.15) is 23.2 Å². The van der Waals surface area contributed by atoms with Gasteiger partial charge in [-0.25, -0.2) is 0 Å². The smallest absolute Gasteiger partial charge is 0.255 e. The molecular weight excluding hydrogens is 294 g/mol. The molecule has 0 radical (unpaired) electrons. The molecule has 1 aromatic heterocycles. The third-order valence-electron chi connectivity index (χ3n) is 3.62. The van der Waals surface area contributed by atoms with Crippen molar-refractivity contribution in [1.82, 2.24) is 14.8 Å². The Labute approximate surface area is 115 Å². The molecule has 0 N–H and O–H groups in total. The van der Waals surface area contributed by atoms with Crippen LogP contribution in [-0.4, -0.2) is 52.9 Å². The molecule has 1 aromatic rings. The van der Waals surface area contributed by atoms with Gasteiger partial charge < -0.3 is 4.90 Å². The first-order chi connectivity index (χ1) is 8.74. The maximum Gasteiger partial charge on any atom is 0.255 e. The molecule has 18 heavy (non-hydrogen) atoms. The van der Waals surface area contributed by atoms with Crippen LogP contribution in [-0.2, 0) is 0 Å². The number of carbonyl (C=O) groups excluding carboxylic acids is 1. The first-order valence-corrected chi connectivity index (χ1v) is 7.17. The third-order valence-corrected chi connectivity index (χ3v) is 4.05. The van der Waals surface area contributed by atoms with Crippen LogP contribution in [0.4, 0.5) is 0 Å². The van der Waals surface area contributed by atoms with Crippen LogP contribution in [0.2, 0.25) is 0 Å². The van der Waals surface area contributed by atoms with Crippen LogP contribution >= 0.6 is 15.9 Å². The average Bonchev–Trinajstić information content (AvgIpc) is 3.22. The van der Waals surface area contributed by atoms with Crippen molar-refractivity contribution < 1.29 is 4.79 Å². The van der Waals surface area contributed by atoms with Crippen LogP contribution < -0.4 is 0 Å². The number of rotatable bonds is 2. The zero-order valence-electron chi connectivity index (χ0n) is 10.2. The number of nitrogens with zero attached hydrogens (tertiary/aromatic N) is 3. The Hall–Kier alpha value is -0.940. The van der Waals surface area contributed by atoms with Gasteiger partial charge in [0.15, 0.2) is 0 Å². The SMILES string of the molecule is O=C(c1cncc(Br)c1)N1CCN(C2CC2)CC1. The minimum absolute atomic E-state index is 0.0965. The monoisotopic (exact) mass is 309 g/mol. The number of aromatic nitrogens is 1. The van der Waals surface area contributed by atoms with Gasteiger partial charge in [-0.15, -0.1) is 0 Å². The van der Waals surface area contributed by atoms with Gasteiger partial charge in [-0.3, -0.25) is 14.7 Å². The molecule has 0 spiro atoms. The highest BCUT2D eigenvalue weighted by Crippen LogP contribution is 2.27. The number of pyridine rings is 1. The van der Waals surface area contributed by atoms with E-state index in [-0.39, 0.29) is 5.91 Å². The van der Waals surface area contributed by atoms with Gasteiger partial charge >= 0.3 is 0 Å². The van der Waals surface area contributed by atoms with E-state index < -0.39 is 0 Å². The van der Waals surface area contributed by atoms with Crippen molar-refractivity contribution in [3.8, 4) is 0 Å². The molecule has 0 aromatic carbocycles. The van der Waals surface area contributed by atoms with E-state index in [1.807, 2.05) is 11.0 Å². The first-order valence-electron chi connectivity index (χ1n) is 6.38. The number of hydrogen-bond donors (Lipinski definition) is 0. The molecule has 1 amide bonds. The summed E-state index contributed by atoms with van der Waals surface area (Å²) >= 11 is 3.35. The zero-order valence-corrected chi connectivity index (χ0v) is 11.8. The summed E-state index contributed by atoms with van der Waals surface area (Å²) in [4.78, 5) is 20.8. The van der Waals surface area contributed by atoms with Crippen LogP contribution in [0, 0.1) is 0 Å². The van der Waals surface area contributed by atoms with Crippen LogP contribution in [0.5, 0.6) is 0 Å². The normalized spacial score (nSPS) is 21.1. The Kier molecular flexibility index (Phi) is 3.35. The first kappa shape index (κ1) is 12.1. The molecule has 0 bridgehead atoms. The molecule has 1 aliphatic heterocycles. The van der Waals surface area contributed by atoms with E-state index in [0.717, 1.165) is 36.7 Å². The maximum atomic E-state index is 12.3. The van der Waals surface area contributed by atoms with Gasteiger partial charge in [0.1, 0.15) is 0 Å². The minimum Gasteiger partial charge on any atom is -0.336 e. The number of amides is 1. The highest BCUT2D eigenvalue weighted by molar-refractivity contribution is 9.10. The van der Waals surface area contributed by atoms with E-state index >= 15 is 0 Å². The van der Waals surface area contributed by atoms with Gasteiger partial charge in [-0.05, 0) is 34.8 Å². The Morgan fingerprint density at radius 3 is 2.56 bits per heavy atom. The van der Waals surface area contributed by atoms with Crippen molar-refractivity contribution in [3.63, 3.8) is 0 Å². The molecule has 1 aliphatic carbocycles. The summed E-state index contributed by atoms with van der Waals surface area (Å²) in [6, 6.07) is 2.64. The van der Waals surface area contributed by atoms with Gasteiger partial charge in [0.25, 0.3) is 5.91 Å². The standard InChI is InChI=1S/C13H16BrN3O/c14-11-7-10(8-15-9-11)13(18)17-5-3-16(4-6-17)12-1-2-12/h7-9,12H,1-6H2. The van der Waals surface area contributed by atoms with Crippen LogP contribution in [0.3, 0.4) is 0 Å². The van der Waals surface area contributed by atoms with Crippen LogP contribution in [0.25, 0.3) is 0 Å². The molecule has 2 heterocycles. The van der Waals surface area contributed by atoms with E-state index in [4.69, 9.17) is 0 Å². The van der Waals surface area contributed by atoms with E-state index in [1.54, 1.807) is 12.4 Å². The molecular formula is C13H16BrN3O. The predicted molar refractivity (Wildman–Crippen MR) is 72.4 cm³/mol. The fourth-order valence-electron chi connectivity index (χ4n) is 2.44. The lowest BCUT2D eigenvalue weighted by Gasteiger charge is -2.34. The van der Waals surface area contributed by atoms with E-state index in [0.29, 0.717) is 5.56 Å². The summed E-state index contributed by atoms with van der Waals surface area (Å²) in [6.45, 7) is 3.69. The van der Waals surface area contributed by atoms with Crippen molar-refractivity contribution in [3.05, 3.63) is 28.5 Å². The highest BCUT2D eigenvalue weighted by atomic mass is 79.9. The molecule has 2 aliphatic rings. The zero-order chi connectivity index (χ0) is 12.5. The largest absolute Gasteiger partial charge is 0.336 e. The predicted octanol–water partition coefficient (Wildman–Crippen LogP) is 1.76. The Balaban J connectivity index is 1.63.